The SMILES string of the molecule is CC(O)C(NC(=O)C(N)Cc1c[nH]c2ccccc12)C(=O)NC(CC(N)=O)C(=O)NC(Cc1ccccc1)C(=O)O. The fourth-order valence-corrected chi connectivity index (χ4v) is 4.29. The Morgan fingerprint density at radius 2 is 1.49 bits per heavy atom. The summed E-state index contributed by atoms with van der Waals surface area (Å²) in [5, 5.41) is 27.7. The lowest BCUT2D eigenvalue weighted by Crippen LogP contribution is -2.60. The van der Waals surface area contributed by atoms with Crippen LogP contribution in [0.5, 0.6) is 0 Å². The third-order valence-electron chi connectivity index (χ3n) is 6.45. The Morgan fingerprint density at radius 1 is 0.854 bits per heavy atom. The van der Waals surface area contributed by atoms with Gasteiger partial charge < -0.3 is 42.6 Å². The molecule has 1 heterocycles. The van der Waals surface area contributed by atoms with E-state index >= 15 is 0 Å². The van der Waals surface area contributed by atoms with E-state index in [1.807, 2.05) is 24.3 Å². The number of carboxylic acids is 1. The van der Waals surface area contributed by atoms with Crippen LogP contribution >= 0.6 is 0 Å². The smallest absolute Gasteiger partial charge is 0.326 e. The molecule has 0 saturated heterocycles. The van der Waals surface area contributed by atoms with Crippen molar-refractivity contribution in [3.8, 4) is 0 Å². The van der Waals surface area contributed by atoms with Crippen LogP contribution in [0.4, 0.5) is 0 Å². The minimum atomic E-state index is -1.57. The zero-order valence-electron chi connectivity index (χ0n) is 22.4. The number of aromatic amines is 1. The summed E-state index contributed by atoms with van der Waals surface area (Å²) < 4.78 is 0. The summed E-state index contributed by atoms with van der Waals surface area (Å²) in [7, 11) is 0. The average molecular weight is 567 g/mol. The largest absolute Gasteiger partial charge is 0.480 e. The van der Waals surface area contributed by atoms with Gasteiger partial charge in [-0.1, -0.05) is 48.5 Å². The molecule has 41 heavy (non-hydrogen) atoms. The van der Waals surface area contributed by atoms with Crippen LogP contribution in [0, 0.1) is 0 Å². The molecule has 4 amide bonds. The van der Waals surface area contributed by atoms with Crippen molar-refractivity contribution in [2.45, 2.75) is 56.5 Å². The number of fused-ring (bicyclic) bond motifs is 1. The fraction of sp³-hybridized carbons (Fsp3) is 0.321. The number of carbonyl (C=O) groups excluding carboxylic acids is 4. The molecule has 0 spiro atoms. The van der Waals surface area contributed by atoms with E-state index < -0.39 is 66.3 Å². The summed E-state index contributed by atoms with van der Waals surface area (Å²) in [6.07, 6.45) is -0.266. The third-order valence-corrected chi connectivity index (χ3v) is 6.45. The summed E-state index contributed by atoms with van der Waals surface area (Å²) in [6.45, 7) is 1.25. The van der Waals surface area contributed by atoms with Gasteiger partial charge >= 0.3 is 5.97 Å². The number of aromatic nitrogens is 1. The minimum Gasteiger partial charge on any atom is -0.480 e. The number of hydrogen-bond acceptors (Lipinski definition) is 7. The number of aliphatic carboxylic acids is 1. The van der Waals surface area contributed by atoms with E-state index in [9.17, 15) is 34.2 Å². The molecule has 13 nitrogen and oxygen atoms in total. The first-order chi connectivity index (χ1) is 19.5. The molecule has 13 heteroatoms. The molecular formula is C28H34N6O7. The van der Waals surface area contributed by atoms with Crippen LogP contribution < -0.4 is 27.4 Å². The van der Waals surface area contributed by atoms with Gasteiger partial charge in [-0.2, -0.15) is 0 Å². The molecule has 10 N–H and O–H groups in total. The van der Waals surface area contributed by atoms with Crippen LogP contribution in [-0.4, -0.2) is 75.1 Å². The van der Waals surface area contributed by atoms with Crippen molar-refractivity contribution >= 4 is 40.5 Å². The van der Waals surface area contributed by atoms with Crippen LogP contribution in [0.15, 0.2) is 60.8 Å². The lowest BCUT2D eigenvalue weighted by molar-refractivity contribution is -0.142. The molecule has 5 unspecified atom stereocenters. The molecule has 0 bridgehead atoms. The highest BCUT2D eigenvalue weighted by molar-refractivity contribution is 5.96. The third kappa shape index (κ3) is 8.62. The van der Waals surface area contributed by atoms with Gasteiger partial charge in [-0.3, -0.25) is 19.2 Å². The molecular weight excluding hydrogens is 532 g/mol. The molecule has 218 valence electrons. The Labute approximate surface area is 235 Å². The number of hydrogen-bond donors (Lipinski definition) is 8. The molecule has 3 aromatic rings. The Bertz CT molecular complexity index is 1390. The number of benzene rings is 2. The first kappa shape index (κ1) is 30.8. The number of nitrogens with two attached hydrogens (primary N) is 2. The van der Waals surface area contributed by atoms with E-state index in [0.717, 1.165) is 16.5 Å². The molecule has 1 aromatic heterocycles. The summed E-state index contributed by atoms with van der Waals surface area (Å²) in [6, 6.07) is 10.4. The quantitative estimate of drug-likeness (QED) is 0.121. The van der Waals surface area contributed by atoms with Gasteiger partial charge in [-0.05, 0) is 30.5 Å². The molecule has 3 rings (SSSR count). The van der Waals surface area contributed by atoms with Crippen LogP contribution in [-0.2, 0) is 36.8 Å². The van der Waals surface area contributed by atoms with E-state index in [-0.39, 0.29) is 12.8 Å². The minimum absolute atomic E-state index is 0.0557. The van der Waals surface area contributed by atoms with Gasteiger partial charge in [0.1, 0.15) is 18.1 Å². The number of aliphatic hydroxyl groups is 1. The van der Waals surface area contributed by atoms with Crippen molar-refractivity contribution in [3.05, 3.63) is 71.9 Å². The number of para-hydroxylation sites is 1. The zero-order valence-corrected chi connectivity index (χ0v) is 22.4. The van der Waals surface area contributed by atoms with Crippen LogP contribution in [0.25, 0.3) is 10.9 Å². The Morgan fingerprint density at radius 3 is 2.12 bits per heavy atom. The van der Waals surface area contributed by atoms with E-state index in [0.29, 0.717) is 5.56 Å². The van der Waals surface area contributed by atoms with Gasteiger partial charge in [0, 0.05) is 23.5 Å². The van der Waals surface area contributed by atoms with Crippen molar-refractivity contribution in [2.75, 3.05) is 0 Å². The Kier molecular flexibility index (Phi) is 10.6. The van der Waals surface area contributed by atoms with Crippen LogP contribution in [0.3, 0.4) is 0 Å². The molecule has 5 atom stereocenters. The number of nitrogens with one attached hydrogen (secondary N) is 4. The van der Waals surface area contributed by atoms with Crippen molar-refractivity contribution in [3.63, 3.8) is 0 Å². The average Bonchev–Trinajstić information content (AvgIpc) is 3.33. The second-order valence-electron chi connectivity index (χ2n) is 9.72. The normalized spacial score (nSPS) is 14.7. The number of primary amides is 1. The highest BCUT2D eigenvalue weighted by atomic mass is 16.4. The number of aliphatic hydroxyl groups excluding tert-OH is 1. The van der Waals surface area contributed by atoms with Gasteiger partial charge in [0.15, 0.2) is 0 Å². The highest BCUT2D eigenvalue weighted by Crippen LogP contribution is 2.18. The number of amides is 4. The first-order valence-corrected chi connectivity index (χ1v) is 12.9. The lowest BCUT2D eigenvalue weighted by atomic mass is 10.0. The fourth-order valence-electron chi connectivity index (χ4n) is 4.29. The predicted octanol–water partition coefficient (Wildman–Crippen LogP) is -0.924. The van der Waals surface area contributed by atoms with E-state index in [1.165, 1.54) is 6.92 Å². The summed E-state index contributed by atoms with van der Waals surface area (Å²) in [5.41, 5.74) is 13.6. The monoisotopic (exact) mass is 566 g/mol. The molecule has 2 aromatic carbocycles. The topological polar surface area (TPSA) is 230 Å². The van der Waals surface area contributed by atoms with Crippen LogP contribution in [0.2, 0.25) is 0 Å². The predicted molar refractivity (Wildman–Crippen MR) is 149 cm³/mol. The Balaban J connectivity index is 1.68. The molecule has 0 aliphatic rings. The maximum Gasteiger partial charge on any atom is 0.326 e. The highest BCUT2D eigenvalue weighted by Gasteiger charge is 2.33. The second kappa shape index (κ2) is 14.1. The van der Waals surface area contributed by atoms with Gasteiger partial charge in [0.25, 0.3) is 0 Å². The van der Waals surface area contributed by atoms with E-state index in [2.05, 4.69) is 20.9 Å². The van der Waals surface area contributed by atoms with Gasteiger partial charge in [-0.15, -0.1) is 0 Å². The first-order valence-electron chi connectivity index (χ1n) is 12.9. The van der Waals surface area contributed by atoms with E-state index in [1.54, 1.807) is 36.5 Å². The maximum absolute atomic E-state index is 13.1. The number of rotatable bonds is 14. The molecule has 0 radical (unpaired) electrons. The van der Waals surface area contributed by atoms with Crippen molar-refractivity contribution in [2.24, 2.45) is 11.5 Å². The number of H-pyrrole nitrogens is 1. The standard InChI is InChI=1S/C28H34N6O7/c1-15(35)24(34-25(37)19(29)12-17-14-31-20-10-6-5-9-18(17)20)27(39)32-21(13-23(30)36)26(38)33-22(28(40)41)11-16-7-3-2-4-8-16/h2-10,14-15,19,21-22,24,31,35H,11-13,29H2,1H3,(H2,30,36)(H,32,39)(H,33,38)(H,34,37)(H,40,41). The molecule has 0 fully saturated rings. The summed E-state index contributed by atoms with van der Waals surface area (Å²) in [4.78, 5) is 65.4. The van der Waals surface area contributed by atoms with Gasteiger partial charge in [0.2, 0.25) is 23.6 Å². The second-order valence-corrected chi connectivity index (χ2v) is 9.72. The van der Waals surface area contributed by atoms with Crippen LogP contribution in [0.1, 0.15) is 24.5 Å². The number of carboxylic acid groups (broad SMARTS) is 1. The van der Waals surface area contributed by atoms with Gasteiger partial charge in [-0.25, -0.2) is 4.79 Å². The lowest BCUT2D eigenvalue weighted by Gasteiger charge is -2.26. The molecule has 0 saturated carbocycles. The van der Waals surface area contributed by atoms with Crippen molar-refractivity contribution in [1.29, 1.82) is 0 Å². The summed E-state index contributed by atoms with van der Waals surface area (Å²) >= 11 is 0. The zero-order chi connectivity index (χ0) is 30.1. The van der Waals surface area contributed by atoms with Crippen molar-refractivity contribution in [1.82, 2.24) is 20.9 Å². The van der Waals surface area contributed by atoms with Crippen molar-refractivity contribution < 1.29 is 34.2 Å². The number of carbonyl (C=O) groups is 5. The van der Waals surface area contributed by atoms with E-state index in [4.69, 9.17) is 11.5 Å². The molecule has 0 aliphatic carbocycles. The summed E-state index contributed by atoms with van der Waals surface area (Å²) in [5.74, 6) is -4.99. The Hall–Kier alpha value is -4.75. The van der Waals surface area contributed by atoms with Gasteiger partial charge in [0.05, 0.1) is 18.6 Å². The molecule has 0 aliphatic heterocycles. The maximum atomic E-state index is 13.1.